The Kier molecular flexibility index (Phi) is 3.43. The lowest BCUT2D eigenvalue weighted by molar-refractivity contribution is 0.0697. The molecule has 0 saturated heterocycles. The number of aromatic hydroxyl groups is 1. The van der Waals surface area contributed by atoms with Gasteiger partial charge in [0, 0.05) is 6.54 Å². The van der Waals surface area contributed by atoms with Crippen LogP contribution in [0.3, 0.4) is 0 Å². The van der Waals surface area contributed by atoms with Gasteiger partial charge in [-0.2, -0.15) is 4.98 Å². The van der Waals surface area contributed by atoms with E-state index < -0.39 is 17.7 Å². The van der Waals surface area contributed by atoms with E-state index in [0.29, 0.717) is 6.54 Å². The Hall–Kier alpha value is -1.85. The van der Waals surface area contributed by atoms with E-state index in [4.69, 9.17) is 10.2 Å². The third kappa shape index (κ3) is 2.55. The molecule has 0 atom stereocenters. The summed E-state index contributed by atoms with van der Waals surface area (Å²) in [5.74, 6) is -3.17. The molecule has 15 heavy (non-hydrogen) atoms. The molecule has 0 aliphatic carbocycles. The zero-order valence-corrected chi connectivity index (χ0v) is 8.12. The van der Waals surface area contributed by atoms with Gasteiger partial charge in [-0.3, -0.25) is 0 Å². The van der Waals surface area contributed by atoms with Crippen LogP contribution in [-0.2, 0) is 0 Å². The van der Waals surface area contributed by atoms with Crippen molar-refractivity contribution >= 4 is 11.8 Å². The number of carboxylic acid groups (broad SMARTS) is 1. The Labute approximate surface area is 85.6 Å². The second-order valence-electron chi connectivity index (χ2n) is 2.92. The first kappa shape index (κ1) is 11.2. The van der Waals surface area contributed by atoms with Gasteiger partial charge < -0.3 is 15.5 Å². The summed E-state index contributed by atoms with van der Waals surface area (Å²) in [5.41, 5.74) is -0.293. The van der Waals surface area contributed by atoms with Crippen LogP contribution in [0.15, 0.2) is 6.07 Å². The number of aromatic carboxylic acids is 1. The predicted molar refractivity (Wildman–Crippen MR) is 51.6 cm³/mol. The third-order valence-electron chi connectivity index (χ3n) is 1.73. The van der Waals surface area contributed by atoms with Gasteiger partial charge in [-0.1, -0.05) is 6.92 Å². The van der Waals surface area contributed by atoms with Crippen molar-refractivity contribution in [2.45, 2.75) is 13.3 Å². The van der Waals surface area contributed by atoms with Gasteiger partial charge in [0.2, 0.25) is 5.88 Å². The molecule has 3 N–H and O–H groups in total. The van der Waals surface area contributed by atoms with Crippen LogP contribution in [-0.4, -0.2) is 27.7 Å². The molecule has 5 nitrogen and oxygen atoms in total. The summed E-state index contributed by atoms with van der Waals surface area (Å²) in [5, 5.41) is 20.4. The Morgan fingerprint density at radius 3 is 2.87 bits per heavy atom. The lowest BCUT2D eigenvalue weighted by atomic mass is 10.2. The fourth-order valence-corrected chi connectivity index (χ4v) is 1.02. The number of nitrogens with zero attached hydrogens (tertiary/aromatic N) is 1. The van der Waals surface area contributed by atoms with Crippen LogP contribution in [0.2, 0.25) is 0 Å². The fraction of sp³-hybridized carbons (Fsp3) is 0.333. The van der Waals surface area contributed by atoms with E-state index in [1.165, 1.54) is 0 Å². The van der Waals surface area contributed by atoms with Crippen molar-refractivity contribution < 1.29 is 19.4 Å². The van der Waals surface area contributed by atoms with Crippen LogP contribution in [0.5, 0.6) is 5.88 Å². The summed E-state index contributed by atoms with van der Waals surface area (Å²) in [6.45, 7) is 2.38. The lowest BCUT2D eigenvalue weighted by Gasteiger charge is -2.07. The summed E-state index contributed by atoms with van der Waals surface area (Å²) in [4.78, 5) is 14.1. The highest BCUT2D eigenvalue weighted by atomic mass is 19.1. The predicted octanol–water partition coefficient (Wildman–Crippen LogP) is 1.45. The van der Waals surface area contributed by atoms with Crippen LogP contribution >= 0.6 is 0 Å². The Morgan fingerprint density at radius 2 is 2.33 bits per heavy atom. The highest BCUT2D eigenvalue weighted by Gasteiger charge is 2.15. The van der Waals surface area contributed by atoms with E-state index in [0.717, 1.165) is 12.5 Å². The van der Waals surface area contributed by atoms with E-state index in [2.05, 4.69) is 10.3 Å². The maximum absolute atomic E-state index is 12.8. The number of hydrogen-bond acceptors (Lipinski definition) is 4. The van der Waals surface area contributed by atoms with Gasteiger partial charge in [-0.05, 0) is 12.5 Å². The Bertz CT molecular complexity index is 382. The molecule has 0 unspecified atom stereocenters. The van der Waals surface area contributed by atoms with Gasteiger partial charge in [-0.15, -0.1) is 0 Å². The normalized spacial score (nSPS) is 10.0. The molecule has 0 bridgehead atoms. The molecule has 0 radical (unpaired) electrons. The van der Waals surface area contributed by atoms with Crippen molar-refractivity contribution in [3.8, 4) is 5.88 Å². The molecule has 0 amide bonds. The van der Waals surface area contributed by atoms with E-state index in [1.54, 1.807) is 0 Å². The summed E-state index contributed by atoms with van der Waals surface area (Å²) >= 11 is 0. The van der Waals surface area contributed by atoms with Crippen molar-refractivity contribution in [1.82, 2.24) is 4.98 Å². The zero-order chi connectivity index (χ0) is 11.4. The maximum Gasteiger partial charge on any atom is 0.339 e. The Balaban J connectivity index is 3.10. The van der Waals surface area contributed by atoms with Crippen LogP contribution in [0, 0.1) is 5.82 Å². The first-order valence-electron chi connectivity index (χ1n) is 4.43. The maximum atomic E-state index is 12.8. The van der Waals surface area contributed by atoms with Crippen molar-refractivity contribution in [3.63, 3.8) is 0 Å². The number of anilines is 1. The van der Waals surface area contributed by atoms with Gasteiger partial charge in [0.25, 0.3) is 0 Å². The summed E-state index contributed by atoms with van der Waals surface area (Å²) in [6.07, 6.45) is 0.763. The van der Waals surface area contributed by atoms with Crippen molar-refractivity contribution in [2.24, 2.45) is 0 Å². The van der Waals surface area contributed by atoms with Crippen LogP contribution in [0.25, 0.3) is 0 Å². The van der Waals surface area contributed by atoms with Crippen LogP contribution < -0.4 is 5.32 Å². The van der Waals surface area contributed by atoms with Crippen LogP contribution in [0.1, 0.15) is 23.7 Å². The average molecular weight is 214 g/mol. The number of hydrogen-bond donors (Lipinski definition) is 3. The van der Waals surface area contributed by atoms with Gasteiger partial charge in [-0.25, -0.2) is 9.18 Å². The van der Waals surface area contributed by atoms with Crippen molar-refractivity contribution in [3.05, 3.63) is 17.4 Å². The number of aromatic nitrogens is 1. The average Bonchev–Trinajstić information content (AvgIpc) is 2.19. The topological polar surface area (TPSA) is 82.5 Å². The van der Waals surface area contributed by atoms with E-state index in [1.807, 2.05) is 6.92 Å². The molecule has 0 aliphatic heterocycles. The molecule has 6 heteroatoms. The molecular weight excluding hydrogens is 203 g/mol. The number of pyridine rings is 1. The molecule has 0 aromatic carbocycles. The van der Waals surface area contributed by atoms with Gasteiger partial charge >= 0.3 is 5.97 Å². The van der Waals surface area contributed by atoms with Gasteiger partial charge in [0.1, 0.15) is 11.4 Å². The summed E-state index contributed by atoms with van der Waals surface area (Å²) in [6, 6.07) is 0.739. The van der Waals surface area contributed by atoms with E-state index in [-0.39, 0.29) is 11.4 Å². The monoisotopic (exact) mass is 214 g/mol. The highest BCUT2D eigenvalue weighted by molar-refractivity contribution is 5.93. The number of halogens is 1. The fourth-order valence-electron chi connectivity index (χ4n) is 1.02. The molecule has 1 aromatic rings. The summed E-state index contributed by atoms with van der Waals surface area (Å²) < 4.78 is 12.8. The molecule has 1 aromatic heterocycles. The zero-order valence-electron chi connectivity index (χ0n) is 8.12. The highest BCUT2D eigenvalue weighted by Crippen LogP contribution is 2.20. The molecule has 0 saturated carbocycles. The minimum absolute atomic E-state index is 0.0248. The lowest BCUT2D eigenvalue weighted by Crippen LogP contribution is -2.09. The Morgan fingerprint density at radius 1 is 1.67 bits per heavy atom. The minimum atomic E-state index is -1.29. The smallest absolute Gasteiger partial charge is 0.339 e. The first-order valence-corrected chi connectivity index (χ1v) is 4.43. The van der Waals surface area contributed by atoms with Crippen molar-refractivity contribution in [1.29, 1.82) is 0 Å². The molecular formula is C9H11FN2O3. The van der Waals surface area contributed by atoms with Gasteiger partial charge in [0.05, 0.1) is 0 Å². The number of carbonyl (C=O) groups is 1. The second kappa shape index (κ2) is 4.59. The molecule has 0 spiro atoms. The molecule has 0 fully saturated rings. The molecule has 1 rings (SSSR count). The first-order chi connectivity index (χ1) is 7.06. The minimum Gasteiger partial charge on any atom is -0.491 e. The quantitative estimate of drug-likeness (QED) is 0.706. The number of rotatable bonds is 4. The molecule has 0 aliphatic rings. The molecule has 82 valence electrons. The largest absolute Gasteiger partial charge is 0.491 e. The van der Waals surface area contributed by atoms with E-state index in [9.17, 15) is 9.18 Å². The summed E-state index contributed by atoms with van der Waals surface area (Å²) in [7, 11) is 0. The standard InChI is InChI=1S/C9H11FN2O3/c1-2-3-11-7-5(9(14)15)4-6(10)8(13)12-7/h4H,2-3H2,1H3,(H,14,15)(H2,11,12,13). The van der Waals surface area contributed by atoms with E-state index >= 15 is 0 Å². The van der Waals surface area contributed by atoms with Crippen LogP contribution in [0.4, 0.5) is 10.2 Å². The van der Waals surface area contributed by atoms with Gasteiger partial charge in [0.15, 0.2) is 5.82 Å². The van der Waals surface area contributed by atoms with Crippen molar-refractivity contribution in [2.75, 3.05) is 11.9 Å². The SMILES string of the molecule is CCCNc1nc(O)c(F)cc1C(=O)O. The third-order valence-corrected chi connectivity index (χ3v) is 1.73. The molecule has 1 heterocycles. The second-order valence-corrected chi connectivity index (χ2v) is 2.92. The number of nitrogens with one attached hydrogen (secondary N) is 1. The number of carboxylic acids is 1.